The molecule has 2 aromatic heterocycles. The Kier molecular flexibility index (Phi) is 7.41. The first-order valence-electron chi connectivity index (χ1n) is 19.5. The number of nitrogens with zero attached hydrogens (tertiary/aromatic N) is 3. The van der Waals surface area contributed by atoms with E-state index in [4.69, 9.17) is 4.99 Å². The Bertz CT molecular complexity index is 2900. The summed E-state index contributed by atoms with van der Waals surface area (Å²) in [6.07, 6.45) is 26.5. The largest absolute Gasteiger partial charge is 0.350 e. The van der Waals surface area contributed by atoms with Gasteiger partial charge in [-0.2, -0.15) is 0 Å². The number of aromatic nitrogens is 2. The number of fused-ring (bicyclic) bond motifs is 7. The molecule has 262 valence electrons. The number of allylic oxidation sites excluding steroid dienone is 8. The van der Waals surface area contributed by atoms with Crippen LogP contribution in [0.2, 0.25) is 0 Å². The van der Waals surface area contributed by atoms with Gasteiger partial charge >= 0.3 is 0 Å². The van der Waals surface area contributed by atoms with Gasteiger partial charge in [0.15, 0.2) is 0 Å². The molecule has 0 saturated heterocycles. The summed E-state index contributed by atoms with van der Waals surface area (Å²) in [6.45, 7) is 0. The van der Waals surface area contributed by atoms with Gasteiger partial charge in [0, 0.05) is 38.2 Å². The molecule has 0 saturated carbocycles. The fourth-order valence-corrected chi connectivity index (χ4v) is 9.19. The third kappa shape index (κ3) is 4.99. The summed E-state index contributed by atoms with van der Waals surface area (Å²) >= 11 is 0. The molecule has 7 aromatic rings. The molecule has 5 heteroatoms. The number of hydrogen-bond acceptors (Lipinski definition) is 3. The molecule has 2 atom stereocenters. The molecule has 11 rings (SSSR count). The summed E-state index contributed by atoms with van der Waals surface area (Å²) in [6, 6.07) is 36.2. The first-order valence-corrected chi connectivity index (χ1v) is 19.5. The maximum absolute atomic E-state index is 5.23. The third-order valence-electron chi connectivity index (χ3n) is 11.7. The molecular formula is C49H41N5. The fourth-order valence-electron chi connectivity index (χ4n) is 9.19. The fraction of sp³-hybridized carbons (Fsp3) is 0.163. The molecule has 5 aromatic carbocycles. The van der Waals surface area contributed by atoms with Gasteiger partial charge < -0.3 is 14.5 Å². The van der Waals surface area contributed by atoms with Gasteiger partial charge in [0.1, 0.15) is 18.2 Å². The van der Waals surface area contributed by atoms with Crippen molar-refractivity contribution in [3.8, 4) is 5.69 Å². The molecule has 2 N–H and O–H groups in total. The zero-order chi connectivity index (χ0) is 35.6. The summed E-state index contributed by atoms with van der Waals surface area (Å²) in [5.74, 6) is 0.957. The van der Waals surface area contributed by atoms with Gasteiger partial charge in [0.05, 0.1) is 27.8 Å². The van der Waals surface area contributed by atoms with Crippen LogP contribution in [0.25, 0.3) is 65.8 Å². The van der Waals surface area contributed by atoms with Crippen molar-refractivity contribution in [2.24, 2.45) is 4.99 Å². The van der Waals surface area contributed by atoms with Crippen LogP contribution < -0.4 is 10.6 Å². The van der Waals surface area contributed by atoms with Gasteiger partial charge in [-0.1, -0.05) is 115 Å². The van der Waals surface area contributed by atoms with Crippen molar-refractivity contribution in [1.82, 2.24) is 19.8 Å². The predicted molar refractivity (Wildman–Crippen MR) is 227 cm³/mol. The van der Waals surface area contributed by atoms with E-state index < -0.39 is 0 Å². The summed E-state index contributed by atoms with van der Waals surface area (Å²) in [7, 11) is 0. The first-order chi connectivity index (χ1) is 26.8. The summed E-state index contributed by atoms with van der Waals surface area (Å²) < 4.78 is 5.00. The highest BCUT2D eigenvalue weighted by molar-refractivity contribution is 6.20. The van der Waals surface area contributed by atoms with E-state index in [9.17, 15) is 0 Å². The second kappa shape index (κ2) is 12.8. The molecular weight excluding hydrogens is 659 g/mol. The maximum Gasteiger partial charge on any atom is 0.131 e. The molecule has 3 aliphatic carbocycles. The lowest BCUT2D eigenvalue weighted by Crippen LogP contribution is -2.49. The lowest BCUT2D eigenvalue weighted by Gasteiger charge is -2.34. The van der Waals surface area contributed by atoms with Crippen LogP contribution in [-0.2, 0) is 0 Å². The minimum Gasteiger partial charge on any atom is -0.350 e. The number of para-hydroxylation sites is 2. The number of amidine groups is 1. The Morgan fingerprint density at radius 2 is 1.28 bits per heavy atom. The van der Waals surface area contributed by atoms with E-state index in [-0.39, 0.29) is 12.3 Å². The van der Waals surface area contributed by atoms with Gasteiger partial charge in [-0.15, -0.1) is 0 Å². The Morgan fingerprint density at radius 3 is 2.00 bits per heavy atom. The zero-order valence-corrected chi connectivity index (χ0v) is 30.2. The standard InChI is InChI=1S/C49H41N5/c1-4-16-32(17-5-1)47-50-48(33-18-6-2-7-19-33)52-49(51-47)39-28-29-44(36-23-11-10-22-35(36)39)54-43-27-15-13-25-38(43)41-30-40-37-24-12-14-26-42(37)53(45(40)31-46(41)54)34-20-8-3-9-21-34/h3-4,6,8,10-20,22-31,47,49,51H,1-2,5,7,9,21H2,(H,50,52). The minimum atomic E-state index is -0.126. The van der Waals surface area contributed by atoms with Crippen molar-refractivity contribution in [3.05, 3.63) is 168 Å². The van der Waals surface area contributed by atoms with E-state index in [1.807, 2.05) is 0 Å². The summed E-state index contributed by atoms with van der Waals surface area (Å²) in [4.78, 5) is 5.23. The maximum atomic E-state index is 5.23. The van der Waals surface area contributed by atoms with E-state index in [1.165, 1.54) is 82.5 Å². The highest BCUT2D eigenvalue weighted by Gasteiger charge is 2.29. The number of aliphatic imine (C=N–C) groups is 1. The van der Waals surface area contributed by atoms with Gasteiger partial charge in [0.2, 0.25) is 0 Å². The molecule has 3 heterocycles. The van der Waals surface area contributed by atoms with Crippen molar-refractivity contribution in [2.45, 2.75) is 50.9 Å². The summed E-state index contributed by atoms with van der Waals surface area (Å²) in [5.41, 5.74) is 11.1. The second-order valence-electron chi connectivity index (χ2n) is 14.9. The van der Waals surface area contributed by atoms with Gasteiger partial charge in [-0.25, -0.2) is 4.99 Å². The van der Waals surface area contributed by atoms with Crippen LogP contribution in [-0.4, -0.2) is 21.1 Å². The zero-order valence-electron chi connectivity index (χ0n) is 30.2. The van der Waals surface area contributed by atoms with Crippen molar-refractivity contribution < 1.29 is 0 Å². The van der Waals surface area contributed by atoms with Crippen LogP contribution in [0.15, 0.2) is 168 Å². The van der Waals surface area contributed by atoms with Crippen LogP contribution in [0.5, 0.6) is 0 Å². The highest BCUT2D eigenvalue weighted by atomic mass is 15.3. The molecule has 54 heavy (non-hydrogen) atoms. The molecule has 0 spiro atoms. The van der Waals surface area contributed by atoms with Crippen LogP contribution in [0.1, 0.15) is 50.3 Å². The molecule has 0 radical (unpaired) electrons. The highest BCUT2D eigenvalue weighted by Crippen LogP contribution is 2.42. The molecule has 5 nitrogen and oxygen atoms in total. The predicted octanol–water partition coefficient (Wildman–Crippen LogP) is 11.7. The quantitative estimate of drug-likeness (QED) is 0.188. The SMILES string of the molecule is C1=CCCC(n2c3ccccc3c3cc4c5ccccc5n(-c5ccc(C6NC(C7=CCCC=C7)=NC(C7=CCCC=C7)N6)c6ccccc56)c4cc32)=C1. The molecule has 0 fully saturated rings. The van der Waals surface area contributed by atoms with Gasteiger partial charge in [0.25, 0.3) is 0 Å². The smallest absolute Gasteiger partial charge is 0.131 e. The summed E-state index contributed by atoms with van der Waals surface area (Å²) in [5, 5.41) is 15.3. The number of nitrogens with one attached hydrogen (secondary N) is 2. The number of benzene rings is 5. The van der Waals surface area contributed by atoms with E-state index in [0.29, 0.717) is 0 Å². The topological polar surface area (TPSA) is 46.3 Å². The lowest BCUT2D eigenvalue weighted by atomic mass is 9.97. The van der Waals surface area contributed by atoms with E-state index in [0.717, 1.165) is 44.4 Å². The average Bonchev–Trinajstić information content (AvgIpc) is 3.75. The average molecular weight is 700 g/mol. The van der Waals surface area contributed by atoms with Crippen molar-refractivity contribution >= 4 is 65.9 Å². The molecule has 1 aliphatic heterocycles. The molecule has 0 bridgehead atoms. The molecule has 2 unspecified atom stereocenters. The monoisotopic (exact) mass is 699 g/mol. The van der Waals surface area contributed by atoms with E-state index in [2.05, 4.69) is 172 Å². The van der Waals surface area contributed by atoms with Crippen molar-refractivity contribution in [1.29, 1.82) is 0 Å². The Morgan fingerprint density at radius 1 is 0.574 bits per heavy atom. The van der Waals surface area contributed by atoms with Gasteiger partial charge in [-0.05, 0) is 91.5 Å². The van der Waals surface area contributed by atoms with Crippen LogP contribution in [0.3, 0.4) is 0 Å². The van der Waals surface area contributed by atoms with E-state index in [1.54, 1.807) is 0 Å². The Labute approximate surface area is 314 Å². The third-order valence-corrected chi connectivity index (χ3v) is 11.7. The minimum absolute atomic E-state index is 0.125. The molecule has 4 aliphatic rings. The second-order valence-corrected chi connectivity index (χ2v) is 14.9. The Balaban J connectivity index is 1.12. The van der Waals surface area contributed by atoms with Crippen molar-refractivity contribution in [3.63, 3.8) is 0 Å². The van der Waals surface area contributed by atoms with E-state index >= 15 is 0 Å². The number of hydrogen-bond donors (Lipinski definition) is 2. The lowest BCUT2D eigenvalue weighted by molar-refractivity contribution is 0.436. The van der Waals surface area contributed by atoms with Crippen molar-refractivity contribution in [2.75, 3.05) is 0 Å². The van der Waals surface area contributed by atoms with Crippen LogP contribution in [0, 0.1) is 0 Å². The van der Waals surface area contributed by atoms with Crippen LogP contribution >= 0.6 is 0 Å². The number of rotatable bonds is 5. The van der Waals surface area contributed by atoms with Gasteiger partial charge in [-0.3, -0.25) is 5.32 Å². The first kappa shape index (κ1) is 31.4. The normalized spacial score (nSPS) is 20.1. The molecule has 0 amide bonds. The van der Waals surface area contributed by atoms with Crippen LogP contribution in [0.4, 0.5) is 0 Å². The Hall–Kier alpha value is -6.17.